The summed E-state index contributed by atoms with van der Waals surface area (Å²) in [5.74, 6) is 1.66. The van der Waals surface area contributed by atoms with E-state index in [9.17, 15) is 9.59 Å². The topological polar surface area (TPSA) is 126 Å². The van der Waals surface area contributed by atoms with Crippen LogP contribution in [0.3, 0.4) is 0 Å². The van der Waals surface area contributed by atoms with Crippen molar-refractivity contribution in [1.29, 1.82) is 0 Å². The third-order valence-electron chi connectivity index (χ3n) is 8.99. The van der Waals surface area contributed by atoms with Crippen LogP contribution >= 0.6 is 0 Å². The number of rotatable bonds is 8. The standard InChI is InChI=1S/C29H40N8O4/c1-34-23-18-30-28(32-25(23)37(21-5-3-4-6-21)19-29(9-10-29)27(34)40)31-22-8-7-20(17-24(22)41-2)26(39)33-36-13-11-35(12-14-36)15-16-38/h7-8,17-18,21,38H,3-6,9-16,19H2,1-2H3,(H,33,39)(H,30,31,32). The molecule has 12 nitrogen and oxygen atoms in total. The maximum Gasteiger partial charge on any atom is 0.265 e. The molecule has 2 aliphatic heterocycles. The summed E-state index contributed by atoms with van der Waals surface area (Å²) in [7, 11) is 3.40. The quantitative estimate of drug-likeness (QED) is 0.438. The number of nitrogens with zero attached hydrogens (tertiary/aromatic N) is 6. The van der Waals surface area contributed by atoms with Gasteiger partial charge in [-0.05, 0) is 43.9 Å². The highest BCUT2D eigenvalue weighted by Gasteiger charge is 2.55. The van der Waals surface area contributed by atoms with E-state index in [0.29, 0.717) is 55.2 Å². The van der Waals surface area contributed by atoms with Crippen LogP contribution in [0.4, 0.5) is 23.1 Å². The molecule has 3 fully saturated rings. The van der Waals surface area contributed by atoms with Gasteiger partial charge in [0.2, 0.25) is 11.9 Å². The number of carbonyl (C=O) groups excluding carboxylic acids is 2. The molecule has 1 saturated heterocycles. The third-order valence-corrected chi connectivity index (χ3v) is 8.99. The highest BCUT2D eigenvalue weighted by Crippen LogP contribution is 2.52. The van der Waals surface area contributed by atoms with Gasteiger partial charge in [0.25, 0.3) is 5.91 Å². The predicted molar refractivity (Wildman–Crippen MR) is 156 cm³/mol. The number of fused-ring (bicyclic) bond motifs is 1. The van der Waals surface area contributed by atoms with E-state index in [2.05, 4.69) is 25.5 Å². The van der Waals surface area contributed by atoms with Gasteiger partial charge in [-0.1, -0.05) is 12.8 Å². The second kappa shape index (κ2) is 11.4. The van der Waals surface area contributed by atoms with Crippen LogP contribution in [-0.4, -0.2) is 103 Å². The van der Waals surface area contributed by atoms with Crippen molar-refractivity contribution in [2.75, 3.05) is 75.1 Å². The van der Waals surface area contributed by atoms with Crippen LogP contribution in [0.25, 0.3) is 0 Å². The zero-order valence-electron chi connectivity index (χ0n) is 23.9. The fourth-order valence-corrected chi connectivity index (χ4v) is 6.34. The Kier molecular flexibility index (Phi) is 7.71. The molecule has 0 atom stereocenters. The Labute approximate surface area is 240 Å². The summed E-state index contributed by atoms with van der Waals surface area (Å²) < 4.78 is 5.64. The SMILES string of the molecule is COc1cc(C(=O)NN2CCN(CCO)CC2)ccc1Nc1ncc2c(n1)N(C1CCCC1)CC1(CC1)C(=O)N2C. The molecule has 12 heteroatoms. The minimum Gasteiger partial charge on any atom is -0.495 e. The van der Waals surface area contributed by atoms with Gasteiger partial charge in [-0.3, -0.25) is 19.9 Å². The first kappa shape index (κ1) is 27.7. The second-order valence-electron chi connectivity index (χ2n) is 11.6. The molecule has 3 N–H and O–H groups in total. The first-order chi connectivity index (χ1) is 19.9. The molecular weight excluding hydrogens is 524 g/mol. The number of amides is 2. The van der Waals surface area contributed by atoms with E-state index in [1.54, 1.807) is 36.4 Å². The number of ether oxygens (including phenoxy) is 1. The lowest BCUT2D eigenvalue weighted by atomic mass is 10.0. The van der Waals surface area contributed by atoms with Gasteiger partial charge in [-0.25, -0.2) is 9.99 Å². The Bertz CT molecular complexity index is 1290. The molecule has 0 bridgehead atoms. The van der Waals surface area contributed by atoms with E-state index in [1.807, 2.05) is 12.1 Å². The first-order valence-electron chi connectivity index (χ1n) is 14.7. The van der Waals surface area contributed by atoms with Gasteiger partial charge < -0.3 is 25.0 Å². The number of aliphatic hydroxyl groups excluding tert-OH is 1. The first-order valence-corrected chi connectivity index (χ1v) is 14.7. The number of benzene rings is 1. The number of β-amino-alcohol motifs (C(OH)–C–C–N with tert-alkyl or cyclic N) is 1. The lowest BCUT2D eigenvalue weighted by Crippen LogP contribution is -2.53. The van der Waals surface area contributed by atoms with Crippen LogP contribution in [0.2, 0.25) is 0 Å². The lowest BCUT2D eigenvalue weighted by Gasteiger charge is -2.34. The van der Waals surface area contributed by atoms with Gasteiger partial charge in [0, 0.05) is 57.9 Å². The predicted octanol–water partition coefficient (Wildman–Crippen LogP) is 1.99. The number of piperazine rings is 1. The van der Waals surface area contributed by atoms with Crippen molar-refractivity contribution < 1.29 is 19.4 Å². The number of carbonyl (C=O) groups is 2. The van der Waals surface area contributed by atoms with E-state index in [1.165, 1.54) is 12.8 Å². The van der Waals surface area contributed by atoms with Gasteiger partial charge in [0.1, 0.15) is 11.4 Å². The molecule has 2 aliphatic carbocycles. The van der Waals surface area contributed by atoms with E-state index in [0.717, 1.165) is 50.3 Å². The Morgan fingerprint density at radius 3 is 2.61 bits per heavy atom. The number of aliphatic hydroxyl groups is 1. The normalized spacial score (nSPS) is 21.1. The summed E-state index contributed by atoms with van der Waals surface area (Å²) in [4.78, 5) is 42.1. The summed E-state index contributed by atoms with van der Waals surface area (Å²) in [6.45, 7) is 4.45. The molecule has 6 rings (SSSR count). The lowest BCUT2D eigenvalue weighted by molar-refractivity contribution is -0.122. The minimum atomic E-state index is -0.307. The average Bonchev–Trinajstić information content (AvgIpc) is 3.59. The molecule has 2 amide bonds. The summed E-state index contributed by atoms with van der Waals surface area (Å²) in [5.41, 5.74) is 4.54. The van der Waals surface area contributed by atoms with Crippen LogP contribution in [0, 0.1) is 5.41 Å². The highest BCUT2D eigenvalue weighted by atomic mass is 16.5. The van der Waals surface area contributed by atoms with Crippen LogP contribution in [-0.2, 0) is 4.79 Å². The molecular formula is C29H40N8O4. The number of hydrazine groups is 1. The van der Waals surface area contributed by atoms with E-state index in [4.69, 9.17) is 14.8 Å². The van der Waals surface area contributed by atoms with E-state index < -0.39 is 0 Å². The Hall–Kier alpha value is -3.48. The summed E-state index contributed by atoms with van der Waals surface area (Å²) >= 11 is 0. The summed E-state index contributed by atoms with van der Waals surface area (Å²) in [6.07, 6.45) is 8.18. The van der Waals surface area contributed by atoms with Crippen molar-refractivity contribution in [3.05, 3.63) is 30.0 Å². The van der Waals surface area contributed by atoms with Crippen LogP contribution in [0.5, 0.6) is 5.75 Å². The number of nitrogens with one attached hydrogen (secondary N) is 2. The molecule has 1 aromatic heterocycles. The Morgan fingerprint density at radius 1 is 1.17 bits per heavy atom. The molecule has 220 valence electrons. The van der Waals surface area contributed by atoms with Gasteiger partial charge in [0.05, 0.1) is 31.0 Å². The maximum absolute atomic E-state index is 13.3. The molecule has 41 heavy (non-hydrogen) atoms. The number of aromatic nitrogens is 2. The van der Waals surface area contributed by atoms with Crippen molar-refractivity contribution in [1.82, 2.24) is 25.3 Å². The largest absolute Gasteiger partial charge is 0.495 e. The highest BCUT2D eigenvalue weighted by molar-refractivity contribution is 6.03. The molecule has 1 aromatic carbocycles. The number of hydrogen-bond acceptors (Lipinski definition) is 10. The fourth-order valence-electron chi connectivity index (χ4n) is 6.34. The second-order valence-corrected chi connectivity index (χ2v) is 11.6. The van der Waals surface area contributed by atoms with Gasteiger partial charge >= 0.3 is 0 Å². The average molecular weight is 565 g/mol. The van der Waals surface area contributed by atoms with Gasteiger partial charge in [-0.15, -0.1) is 0 Å². The molecule has 4 aliphatic rings. The molecule has 1 spiro atoms. The summed E-state index contributed by atoms with van der Waals surface area (Å²) in [5, 5.41) is 14.3. The Balaban J connectivity index is 1.20. The molecule has 2 saturated carbocycles. The smallest absolute Gasteiger partial charge is 0.265 e. The van der Waals surface area contributed by atoms with Crippen molar-refractivity contribution in [3.8, 4) is 5.75 Å². The third kappa shape index (κ3) is 5.55. The minimum absolute atomic E-state index is 0.138. The molecule has 0 unspecified atom stereocenters. The van der Waals surface area contributed by atoms with Crippen molar-refractivity contribution in [3.63, 3.8) is 0 Å². The molecule has 2 aromatic rings. The van der Waals surface area contributed by atoms with Gasteiger partial charge in [0.15, 0.2) is 5.82 Å². The van der Waals surface area contributed by atoms with E-state index >= 15 is 0 Å². The van der Waals surface area contributed by atoms with Gasteiger partial charge in [-0.2, -0.15) is 4.98 Å². The number of anilines is 4. The van der Waals surface area contributed by atoms with Crippen LogP contribution in [0.15, 0.2) is 24.4 Å². The number of hydrogen-bond donors (Lipinski definition) is 3. The van der Waals surface area contributed by atoms with Crippen LogP contribution in [0.1, 0.15) is 48.9 Å². The maximum atomic E-state index is 13.3. The van der Waals surface area contributed by atoms with Crippen molar-refractivity contribution >= 4 is 35.0 Å². The fraction of sp³-hybridized carbons (Fsp3) is 0.586. The summed E-state index contributed by atoms with van der Waals surface area (Å²) in [6, 6.07) is 5.63. The number of methoxy groups -OCH3 is 1. The van der Waals surface area contributed by atoms with Crippen LogP contribution < -0.4 is 25.3 Å². The van der Waals surface area contributed by atoms with Crippen molar-refractivity contribution in [2.24, 2.45) is 5.41 Å². The Morgan fingerprint density at radius 2 is 1.93 bits per heavy atom. The van der Waals surface area contributed by atoms with Crippen molar-refractivity contribution in [2.45, 2.75) is 44.6 Å². The zero-order chi connectivity index (χ0) is 28.6. The molecule has 0 radical (unpaired) electrons. The zero-order valence-corrected chi connectivity index (χ0v) is 23.9. The van der Waals surface area contributed by atoms with E-state index in [-0.39, 0.29) is 23.8 Å². The molecule has 3 heterocycles. The monoisotopic (exact) mass is 564 g/mol.